The molecule has 0 radical (unpaired) electrons. The monoisotopic (exact) mass is 352 g/mol. The van der Waals surface area contributed by atoms with Crippen LogP contribution in [-0.2, 0) is 0 Å². The number of halogens is 6. The first-order valence-electron chi connectivity index (χ1n) is 5.80. The molecule has 2 N–H and O–H groups in total. The zero-order valence-corrected chi connectivity index (χ0v) is 11.3. The second-order valence-electron chi connectivity index (χ2n) is 4.07. The van der Waals surface area contributed by atoms with E-state index in [2.05, 4.69) is 0 Å². The zero-order chi connectivity index (χ0) is 18.6. The van der Waals surface area contributed by atoms with Crippen molar-refractivity contribution in [3.05, 3.63) is 70.3 Å². The molecule has 10 heteroatoms. The normalized spacial score (nSPS) is 9.92. The third-order valence-corrected chi connectivity index (χ3v) is 2.50. The summed E-state index contributed by atoms with van der Waals surface area (Å²) in [5.74, 6) is -11.9. The summed E-state index contributed by atoms with van der Waals surface area (Å²) in [5.41, 5.74) is -2.15. The molecular formula is C14H6F6O4. The Morgan fingerprint density at radius 2 is 1.17 bits per heavy atom. The summed E-state index contributed by atoms with van der Waals surface area (Å²) in [6.45, 7) is 0. The lowest BCUT2D eigenvalue weighted by Gasteiger charge is -1.98. The number of hydrogen-bond donors (Lipinski definition) is 2. The van der Waals surface area contributed by atoms with Crippen LogP contribution in [0.25, 0.3) is 0 Å². The molecule has 24 heavy (non-hydrogen) atoms. The lowest BCUT2D eigenvalue weighted by Crippen LogP contribution is -2.06. The van der Waals surface area contributed by atoms with E-state index in [0.29, 0.717) is 18.2 Å². The fraction of sp³-hybridized carbons (Fsp3) is 0. The summed E-state index contributed by atoms with van der Waals surface area (Å²) in [6, 6.07) is 1.57. The van der Waals surface area contributed by atoms with Crippen molar-refractivity contribution in [2.75, 3.05) is 0 Å². The van der Waals surface area contributed by atoms with Crippen LogP contribution in [0, 0.1) is 34.9 Å². The first kappa shape index (κ1) is 19.0. The van der Waals surface area contributed by atoms with Gasteiger partial charge in [-0.3, -0.25) is 0 Å². The van der Waals surface area contributed by atoms with Gasteiger partial charge in [-0.25, -0.2) is 35.9 Å². The second kappa shape index (κ2) is 7.49. The van der Waals surface area contributed by atoms with E-state index < -0.39 is 58.0 Å². The van der Waals surface area contributed by atoms with E-state index in [-0.39, 0.29) is 6.07 Å². The van der Waals surface area contributed by atoms with Crippen molar-refractivity contribution in [2.24, 2.45) is 0 Å². The van der Waals surface area contributed by atoms with Gasteiger partial charge in [0, 0.05) is 6.07 Å². The van der Waals surface area contributed by atoms with Crippen LogP contribution < -0.4 is 0 Å². The molecule has 0 saturated heterocycles. The average Bonchev–Trinajstić information content (AvgIpc) is 2.47. The number of carbonyl (C=O) groups is 2. The highest BCUT2D eigenvalue weighted by molar-refractivity contribution is 5.88. The standard InChI is InChI=1S/2C7H3F3O2/c8-4-2-6(10)5(9)1-3(4)7(11)12;8-3-1-2-4(9)6(10)5(3)7(11)12/h2*1-2H,(H,11,12). The van der Waals surface area contributed by atoms with Gasteiger partial charge in [0.1, 0.15) is 17.2 Å². The van der Waals surface area contributed by atoms with Gasteiger partial charge < -0.3 is 10.2 Å². The SMILES string of the molecule is O=C(O)c1c(F)ccc(F)c1F.O=C(O)c1cc(F)c(F)cc1F. The number of rotatable bonds is 2. The van der Waals surface area contributed by atoms with Gasteiger partial charge in [0.05, 0.1) is 5.56 Å². The fourth-order valence-electron chi connectivity index (χ4n) is 1.41. The molecule has 0 aromatic heterocycles. The molecule has 0 heterocycles. The van der Waals surface area contributed by atoms with Gasteiger partial charge in [-0.05, 0) is 18.2 Å². The third-order valence-electron chi connectivity index (χ3n) is 2.50. The number of aromatic carboxylic acids is 2. The van der Waals surface area contributed by atoms with E-state index in [0.717, 1.165) is 0 Å². The van der Waals surface area contributed by atoms with Crippen molar-refractivity contribution in [3.63, 3.8) is 0 Å². The first-order valence-corrected chi connectivity index (χ1v) is 5.80. The molecule has 0 aliphatic carbocycles. The molecule has 2 rings (SSSR count). The predicted molar refractivity (Wildman–Crippen MR) is 66.6 cm³/mol. The predicted octanol–water partition coefficient (Wildman–Crippen LogP) is 3.60. The van der Waals surface area contributed by atoms with Gasteiger partial charge in [-0.2, -0.15) is 0 Å². The van der Waals surface area contributed by atoms with Crippen LogP contribution in [0.5, 0.6) is 0 Å². The maximum Gasteiger partial charge on any atom is 0.341 e. The molecule has 0 atom stereocenters. The van der Waals surface area contributed by atoms with E-state index in [4.69, 9.17) is 10.2 Å². The van der Waals surface area contributed by atoms with Crippen molar-refractivity contribution in [2.45, 2.75) is 0 Å². The molecule has 0 spiro atoms. The van der Waals surface area contributed by atoms with E-state index >= 15 is 0 Å². The Morgan fingerprint density at radius 1 is 0.667 bits per heavy atom. The van der Waals surface area contributed by atoms with Crippen LogP contribution >= 0.6 is 0 Å². The molecule has 0 fully saturated rings. The van der Waals surface area contributed by atoms with Gasteiger partial charge in [-0.1, -0.05) is 0 Å². The van der Waals surface area contributed by atoms with E-state index in [1.165, 1.54) is 0 Å². The van der Waals surface area contributed by atoms with E-state index in [1.807, 2.05) is 0 Å². The largest absolute Gasteiger partial charge is 0.478 e. The Hall–Kier alpha value is -3.04. The molecule has 2 aromatic rings. The zero-order valence-electron chi connectivity index (χ0n) is 11.3. The van der Waals surface area contributed by atoms with Gasteiger partial charge in [-0.15, -0.1) is 0 Å². The summed E-state index contributed by atoms with van der Waals surface area (Å²) in [6.07, 6.45) is 0. The third kappa shape index (κ3) is 4.24. The number of benzene rings is 2. The van der Waals surface area contributed by atoms with Crippen LogP contribution in [-0.4, -0.2) is 22.2 Å². The quantitative estimate of drug-likeness (QED) is 0.640. The highest BCUT2D eigenvalue weighted by Gasteiger charge is 2.19. The maximum absolute atomic E-state index is 12.5. The number of carboxylic acid groups (broad SMARTS) is 2. The van der Waals surface area contributed by atoms with Crippen molar-refractivity contribution in [1.82, 2.24) is 0 Å². The van der Waals surface area contributed by atoms with Crippen molar-refractivity contribution in [3.8, 4) is 0 Å². The summed E-state index contributed by atoms with van der Waals surface area (Å²) in [4.78, 5) is 20.3. The van der Waals surface area contributed by atoms with Crippen LogP contribution in [0.2, 0.25) is 0 Å². The highest BCUT2D eigenvalue weighted by atomic mass is 19.2. The molecule has 0 saturated carbocycles. The summed E-state index contributed by atoms with van der Waals surface area (Å²) in [7, 11) is 0. The minimum atomic E-state index is -1.83. The Bertz CT molecular complexity index is 806. The minimum Gasteiger partial charge on any atom is -0.478 e. The Labute approximate surface area is 129 Å². The van der Waals surface area contributed by atoms with Crippen LogP contribution in [0.4, 0.5) is 26.3 Å². The molecule has 0 amide bonds. The summed E-state index contributed by atoms with van der Waals surface area (Å²) in [5, 5.41) is 16.5. The summed E-state index contributed by atoms with van der Waals surface area (Å²) >= 11 is 0. The first-order chi connectivity index (χ1) is 11.1. The van der Waals surface area contributed by atoms with Crippen LogP contribution in [0.1, 0.15) is 20.7 Å². The van der Waals surface area contributed by atoms with Gasteiger partial charge >= 0.3 is 11.9 Å². The molecular weight excluding hydrogens is 346 g/mol. The Morgan fingerprint density at radius 3 is 1.62 bits per heavy atom. The summed E-state index contributed by atoms with van der Waals surface area (Å²) < 4.78 is 74.3. The van der Waals surface area contributed by atoms with Crippen molar-refractivity contribution >= 4 is 11.9 Å². The Balaban J connectivity index is 0.000000240. The van der Waals surface area contributed by atoms with Gasteiger partial charge in [0.15, 0.2) is 23.3 Å². The lowest BCUT2D eigenvalue weighted by atomic mass is 10.2. The van der Waals surface area contributed by atoms with E-state index in [1.54, 1.807) is 0 Å². The highest BCUT2D eigenvalue weighted by Crippen LogP contribution is 2.15. The molecule has 2 aromatic carbocycles. The lowest BCUT2D eigenvalue weighted by molar-refractivity contribution is 0.0676. The molecule has 0 bridgehead atoms. The molecule has 0 aliphatic rings. The van der Waals surface area contributed by atoms with Crippen LogP contribution in [0.3, 0.4) is 0 Å². The fourth-order valence-corrected chi connectivity index (χ4v) is 1.41. The average molecular weight is 352 g/mol. The maximum atomic E-state index is 12.5. The molecule has 0 unspecified atom stereocenters. The van der Waals surface area contributed by atoms with E-state index in [9.17, 15) is 35.9 Å². The second-order valence-corrected chi connectivity index (χ2v) is 4.07. The van der Waals surface area contributed by atoms with Gasteiger partial charge in [0.25, 0.3) is 0 Å². The minimum absolute atomic E-state index is 0.193. The number of carboxylic acids is 2. The number of hydrogen-bond acceptors (Lipinski definition) is 2. The topological polar surface area (TPSA) is 74.6 Å². The molecule has 0 aliphatic heterocycles. The van der Waals surface area contributed by atoms with Gasteiger partial charge in [0.2, 0.25) is 0 Å². The van der Waals surface area contributed by atoms with Crippen molar-refractivity contribution in [1.29, 1.82) is 0 Å². The smallest absolute Gasteiger partial charge is 0.341 e. The van der Waals surface area contributed by atoms with Crippen molar-refractivity contribution < 1.29 is 46.1 Å². The molecule has 128 valence electrons. The van der Waals surface area contributed by atoms with Crippen LogP contribution in [0.15, 0.2) is 24.3 Å². The Kier molecular flexibility index (Phi) is 5.93. The molecule has 4 nitrogen and oxygen atoms in total.